The monoisotopic (exact) mass is 221 g/mol. The summed E-state index contributed by atoms with van der Waals surface area (Å²) < 4.78 is 0.998. The molecule has 1 N–H and O–H groups in total. The van der Waals surface area contributed by atoms with E-state index in [1.165, 1.54) is 11.3 Å². The van der Waals surface area contributed by atoms with E-state index in [1.807, 2.05) is 12.1 Å². The van der Waals surface area contributed by atoms with Gasteiger partial charge in [0, 0.05) is 19.9 Å². The fourth-order valence-corrected chi connectivity index (χ4v) is 2.70. The van der Waals surface area contributed by atoms with Crippen LogP contribution in [0.15, 0.2) is 23.1 Å². The summed E-state index contributed by atoms with van der Waals surface area (Å²) in [4.78, 5) is 1.68. The highest BCUT2D eigenvalue weighted by molar-refractivity contribution is 7.80. The molecule has 0 saturated carbocycles. The second kappa shape index (κ2) is 3.62. The number of fused-ring (bicyclic) bond motifs is 1. The summed E-state index contributed by atoms with van der Waals surface area (Å²) in [5.74, 6) is 0. The number of nitriles is 1. The number of hydrogen-bond donors (Lipinski definition) is 2. The summed E-state index contributed by atoms with van der Waals surface area (Å²) in [6.45, 7) is 0.0362. The summed E-state index contributed by atoms with van der Waals surface area (Å²) in [5.41, 5.74) is 0.605. The number of benzene rings is 1. The van der Waals surface area contributed by atoms with Gasteiger partial charge in [-0.3, -0.25) is 0 Å². The molecule has 1 heterocycles. The molecule has 0 unspecified atom stereocenters. The van der Waals surface area contributed by atoms with Crippen LogP contribution in [0, 0.1) is 11.3 Å². The molecule has 1 aromatic heterocycles. The SMILES string of the molecule is N#Cc1cc(S)c2cc(CO)sc2c1. The lowest BCUT2D eigenvalue weighted by atomic mass is 10.2. The first-order chi connectivity index (χ1) is 6.74. The lowest BCUT2D eigenvalue weighted by Gasteiger charge is -1.94. The number of aliphatic hydroxyl groups excluding tert-OH is 1. The predicted molar refractivity (Wildman–Crippen MR) is 59.7 cm³/mol. The van der Waals surface area contributed by atoms with Crippen LogP contribution < -0.4 is 0 Å². The Morgan fingerprint density at radius 1 is 1.43 bits per heavy atom. The van der Waals surface area contributed by atoms with Crippen molar-refractivity contribution in [3.05, 3.63) is 28.6 Å². The lowest BCUT2D eigenvalue weighted by Crippen LogP contribution is -1.74. The summed E-state index contributed by atoms with van der Waals surface area (Å²) in [7, 11) is 0. The molecule has 70 valence electrons. The van der Waals surface area contributed by atoms with Crippen LogP contribution in [0.4, 0.5) is 0 Å². The van der Waals surface area contributed by atoms with Gasteiger partial charge in [-0.05, 0) is 18.2 Å². The first kappa shape index (κ1) is 9.53. The van der Waals surface area contributed by atoms with Gasteiger partial charge in [-0.2, -0.15) is 5.26 Å². The second-order valence-electron chi connectivity index (χ2n) is 2.89. The van der Waals surface area contributed by atoms with Crippen molar-refractivity contribution in [1.82, 2.24) is 0 Å². The smallest absolute Gasteiger partial charge is 0.0992 e. The summed E-state index contributed by atoms with van der Waals surface area (Å²) >= 11 is 5.79. The van der Waals surface area contributed by atoms with E-state index in [2.05, 4.69) is 18.7 Å². The molecule has 1 aromatic carbocycles. The minimum atomic E-state index is 0.0362. The average Bonchev–Trinajstić information content (AvgIpc) is 2.61. The molecule has 4 heteroatoms. The standard InChI is InChI=1S/C10H7NOS2/c11-4-6-1-9(13)8-3-7(5-12)14-10(8)2-6/h1-3,12-13H,5H2. The molecule has 0 atom stereocenters. The van der Waals surface area contributed by atoms with E-state index >= 15 is 0 Å². The van der Waals surface area contributed by atoms with Gasteiger partial charge in [-0.25, -0.2) is 0 Å². The maximum absolute atomic E-state index is 8.98. The average molecular weight is 221 g/mol. The molecule has 14 heavy (non-hydrogen) atoms. The molecule has 0 radical (unpaired) electrons. The highest BCUT2D eigenvalue weighted by Crippen LogP contribution is 2.31. The van der Waals surface area contributed by atoms with Crippen LogP contribution in [0.1, 0.15) is 10.4 Å². The minimum Gasteiger partial charge on any atom is -0.391 e. The van der Waals surface area contributed by atoms with Crippen LogP contribution >= 0.6 is 24.0 Å². The number of hydrogen-bond acceptors (Lipinski definition) is 4. The van der Waals surface area contributed by atoms with E-state index in [9.17, 15) is 0 Å². The topological polar surface area (TPSA) is 44.0 Å². The van der Waals surface area contributed by atoms with E-state index in [0.29, 0.717) is 5.56 Å². The molecule has 0 aliphatic heterocycles. The Hall–Kier alpha value is -1.02. The van der Waals surface area contributed by atoms with E-state index in [0.717, 1.165) is 19.9 Å². The normalized spacial score (nSPS) is 10.4. The third-order valence-electron chi connectivity index (χ3n) is 1.95. The summed E-state index contributed by atoms with van der Waals surface area (Å²) in [5, 5.41) is 18.7. The van der Waals surface area contributed by atoms with Gasteiger partial charge in [0.05, 0.1) is 18.2 Å². The van der Waals surface area contributed by atoms with Crippen molar-refractivity contribution < 1.29 is 5.11 Å². The van der Waals surface area contributed by atoms with E-state index in [-0.39, 0.29) is 6.61 Å². The zero-order chi connectivity index (χ0) is 10.1. The highest BCUT2D eigenvalue weighted by Gasteiger charge is 2.05. The first-order valence-electron chi connectivity index (χ1n) is 4.01. The third-order valence-corrected chi connectivity index (χ3v) is 3.39. The van der Waals surface area contributed by atoms with Crippen LogP contribution in [0.3, 0.4) is 0 Å². The van der Waals surface area contributed by atoms with E-state index in [4.69, 9.17) is 10.4 Å². The van der Waals surface area contributed by atoms with Gasteiger partial charge in [0.25, 0.3) is 0 Å². The number of aliphatic hydroxyl groups is 1. The van der Waals surface area contributed by atoms with Gasteiger partial charge in [0.1, 0.15) is 0 Å². The van der Waals surface area contributed by atoms with Crippen LogP contribution in [-0.2, 0) is 6.61 Å². The van der Waals surface area contributed by atoms with Crippen LogP contribution in [0.2, 0.25) is 0 Å². The fourth-order valence-electron chi connectivity index (χ4n) is 1.32. The van der Waals surface area contributed by atoms with Crippen molar-refractivity contribution in [2.75, 3.05) is 0 Å². The molecule has 0 spiro atoms. The van der Waals surface area contributed by atoms with Crippen molar-refractivity contribution in [1.29, 1.82) is 5.26 Å². The van der Waals surface area contributed by atoms with Crippen molar-refractivity contribution >= 4 is 34.1 Å². The largest absolute Gasteiger partial charge is 0.391 e. The zero-order valence-corrected chi connectivity index (χ0v) is 8.90. The van der Waals surface area contributed by atoms with E-state index in [1.54, 1.807) is 6.07 Å². The molecule has 0 fully saturated rings. The molecule has 0 saturated heterocycles. The highest BCUT2D eigenvalue weighted by atomic mass is 32.1. The molecule has 0 aliphatic carbocycles. The van der Waals surface area contributed by atoms with Crippen LogP contribution in [-0.4, -0.2) is 5.11 Å². The van der Waals surface area contributed by atoms with Crippen molar-refractivity contribution in [2.45, 2.75) is 11.5 Å². The number of nitrogens with zero attached hydrogens (tertiary/aromatic N) is 1. The Kier molecular flexibility index (Phi) is 2.46. The Bertz CT molecular complexity index is 525. The van der Waals surface area contributed by atoms with Gasteiger partial charge >= 0.3 is 0 Å². The molecule has 0 aliphatic rings. The summed E-state index contributed by atoms with van der Waals surface area (Å²) in [6, 6.07) is 7.54. The Labute approximate surface area is 90.8 Å². The summed E-state index contributed by atoms with van der Waals surface area (Å²) in [6.07, 6.45) is 0. The fraction of sp³-hybridized carbons (Fsp3) is 0.100. The van der Waals surface area contributed by atoms with E-state index < -0.39 is 0 Å². The minimum absolute atomic E-state index is 0.0362. The number of rotatable bonds is 1. The van der Waals surface area contributed by atoms with Crippen molar-refractivity contribution in [3.8, 4) is 6.07 Å². The van der Waals surface area contributed by atoms with Gasteiger partial charge in [0.15, 0.2) is 0 Å². The zero-order valence-electron chi connectivity index (χ0n) is 7.19. The lowest BCUT2D eigenvalue weighted by molar-refractivity contribution is 0.285. The number of thiol groups is 1. The maximum atomic E-state index is 8.98. The molecular formula is C10H7NOS2. The van der Waals surface area contributed by atoms with Crippen LogP contribution in [0.25, 0.3) is 10.1 Å². The second-order valence-corrected chi connectivity index (χ2v) is 4.54. The Morgan fingerprint density at radius 2 is 2.21 bits per heavy atom. The quantitative estimate of drug-likeness (QED) is 0.727. The first-order valence-corrected chi connectivity index (χ1v) is 5.27. The predicted octanol–water partition coefficient (Wildman–Crippen LogP) is 2.55. The molecule has 2 aromatic rings. The molecule has 0 bridgehead atoms. The molecular weight excluding hydrogens is 214 g/mol. The molecule has 2 rings (SSSR count). The van der Waals surface area contributed by atoms with Crippen molar-refractivity contribution in [2.24, 2.45) is 0 Å². The van der Waals surface area contributed by atoms with Gasteiger partial charge < -0.3 is 5.11 Å². The van der Waals surface area contributed by atoms with Gasteiger partial charge in [-0.1, -0.05) is 0 Å². The molecule has 2 nitrogen and oxygen atoms in total. The van der Waals surface area contributed by atoms with Crippen LogP contribution in [0.5, 0.6) is 0 Å². The Balaban J connectivity index is 2.75. The van der Waals surface area contributed by atoms with Crippen molar-refractivity contribution in [3.63, 3.8) is 0 Å². The maximum Gasteiger partial charge on any atom is 0.0992 e. The third kappa shape index (κ3) is 1.50. The van der Waals surface area contributed by atoms with Gasteiger partial charge in [-0.15, -0.1) is 24.0 Å². The van der Waals surface area contributed by atoms with Gasteiger partial charge in [0.2, 0.25) is 0 Å². The number of thiophene rings is 1. The molecule has 0 amide bonds. The Morgan fingerprint density at radius 3 is 2.86 bits per heavy atom.